The molecule has 2 heterocycles. The molecule has 0 aliphatic carbocycles. The summed E-state index contributed by atoms with van der Waals surface area (Å²) in [6, 6.07) is 73.4. The van der Waals surface area contributed by atoms with Crippen molar-refractivity contribution < 1.29 is 0 Å². The summed E-state index contributed by atoms with van der Waals surface area (Å²) in [5, 5.41) is 2.29. The lowest BCUT2D eigenvalue weighted by Crippen LogP contribution is -1.94. The SMILES string of the molecule is c1ccc(-c2ccc(-c3ccc(-c4nc(-c5cccc(-c6cccc(-c7ccc(-c8ccccc8)cc7)c6)c5)nc5sc6ccccc6c45)cc3)cc2)cc1. The van der Waals surface area contributed by atoms with Crippen molar-refractivity contribution in [2.24, 2.45) is 0 Å². The van der Waals surface area contributed by atoms with Crippen molar-refractivity contribution in [1.29, 1.82) is 0 Å². The Hall–Kier alpha value is -6.94. The summed E-state index contributed by atoms with van der Waals surface area (Å²) >= 11 is 1.73. The second kappa shape index (κ2) is 14.1. The topological polar surface area (TPSA) is 25.8 Å². The van der Waals surface area contributed by atoms with Gasteiger partial charge in [0, 0.05) is 26.6 Å². The van der Waals surface area contributed by atoms with Gasteiger partial charge in [-0.15, -0.1) is 11.3 Å². The maximum Gasteiger partial charge on any atom is 0.161 e. The van der Waals surface area contributed by atoms with Crippen molar-refractivity contribution in [3.63, 3.8) is 0 Å². The quantitative estimate of drug-likeness (QED) is 0.164. The molecule has 3 heteroatoms. The predicted molar refractivity (Wildman–Crippen MR) is 233 cm³/mol. The third-order valence-corrected chi connectivity index (χ3v) is 11.4. The van der Waals surface area contributed by atoms with Gasteiger partial charge < -0.3 is 0 Å². The summed E-state index contributed by atoms with van der Waals surface area (Å²) in [6.45, 7) is 0. The molecule has 0 bridgehead atoms. The Kier molecular flexibility index (Phi) is 8.40. The van der Waals surface area contributed by atoms with E-state index in [-0.39, 0.29) is 0 Å². The molecule has 10 rings (SSSR count). The number of thiophene rings is 1. The van der Waals surface area contributed by atoms with Crippen LogP contribution in [0.4, 0.5) is 0 Å². The molecule has 0 saturated carbocycles. The van der Waals surface area contributed by atoms with Crippen LogP contribution in [0.25, 0.3) is 98.6 Å². The fourth-order valence-electron chi connectivity index (χ4n) is 7.47. The zero-order chi connectivity index (χ0) is 36.6. The number of hydrogen-bond donors (Lipinski definition) is 0. The Morgan fingerprint density at radius 1 is 0.291 bits per heavy atom. The van der Waals surface area contributed by atoms with Gasteiger partial charge >= 0.3 is 0 Å². The average molecular weight is 719 g/mol. The molecule has 0 radical (unpaired) electrons. The second-order valence-electron chi connectivity index (χ2n) is 13.8. The van der Waals surface area contributed by atoms with E-state index in [0.717, 1.165) is 44.0 Å². The molecule has 2 aromatic heterocycles. The molecule has 0 saturated heterocycles. The van der Waals surface area contributed by atoms with Crippen LogP contribution in [0.2, 0.25) is 0 Å². The van der Waals surface area contributed by atoms with Crippen LogP contribution in [-0.4, -0.2) is 9.97 Å². The van der Waals surface area contributed by atoms with E-state index in [4.69, 9.17) is 9.97 Å². The van der Waals surface area contributed by atoms with Gasteiger partial charge in [-0.1, -0.05) is 188 Å². The monoisotopic (exact) mass is 718 g/mol. The minimum absolute atomic E-state index is 0.726. The molecule has 0 aliphatic rings. The molecule has 0 amide bonds. The number of benzene rings is 8. The molecule has 10 aromatic rings. The molecule has 0 atom stereocenters. The van der Waals surface area contributed by atoms with E-state index < -0.39 is 0 Å². The average Bonchev–Trinajstić information content (AvgIpc) is 3.66. The standard InChI is InChI=1S/C52H34N2S/c1-3-11-35(12-4-1)37-21-23-39(24-22-37)40-29-31-42(32-30-40)50-49-47-19-7-8-20-48(47)55-52(49)54-51(53-50)46-18-10-17-45(34-46)44-16-9-15-43(33-44)41-27-25-38(26-28-41)36-13-5-2-6-14-36/h1-34H. The van der Waals surface area contributed by atoms with Gasteiger partial charge in [-0.3, -0.25) is 0 Å². The fourth-order valence-corrected chi connectivity index (χ4v) is 8.55. The maximum absolute atomic E-state index is 5.34. The maximum atomic E-state index is 5.34. The molecule has 0 N–H and O–H groups in total. The predicted octanol–water partition coefficient (Wildman–Crippen LogP) is 14.5. The van der Waals surface area contributed by atoms with E-state index in [1.807, 2.05) is 0 Å². The number of rotatable bonds is 7. The number of fused-ring (bicyclic) bond motifs is 3. The summed E-state index contributed by atoms with van der Waals surface area (Å²) in [5.41, 5.74) is 14.9. The van der Waals surface area contributed by atoms with E-state index in [9.17, 15) is 0 Å². The molecule has 55 heavy (non-hydrogen) atoms. The summed E-state index contributed by atoms with van der Waals surface area (Å²) in [5.74, 6) is 0.726. The highest BCUT2D eigenvalue weighted by Crippen LogP contribution is 2.40. The van der Waals surface area contributed by atoms with Crippen molar-refractivity contribution in [3.05, 3.63) is 206 Å². The normalized spacial score (nSPS) is 11.3. The van der Waals surface area contributed by atoms with Gasteiger partial charge in [0.25, 0.3) is 0 Å². The first-order valence-electron chi connectivity index (χ1n) is 18.6. The van der Waals surface area contributed by atoms with Crippen LogP contribution in [0.1, 0.15) is 0 Å². The van der Waals surface area contributed by atoms with E-state index in [1.54, 1.807) is 11.3 Å². The zero-order valence-electron chi connectivity index (χ0n) is 29.9. The van der Waals surface area contributed by atoms with Crippen molar-refractivity contribution in [2.45, 2.75) is 0 Å². The number of aromatic nitrogens is 2. The first-order chi connectivity index (χ1) is 27.2. The van der Waals surface area contributed by atoms with Crippen LogP contribution < -0.4 is 0 Å². The van der Waals surface area contributed by atoms with Gasteiger partial charge in [0.2, 0.25) is 0 Å². The van der Waals surface area contributed by atoms with Crippen LogP contribution in [0, 0.1) is 0 Å². The van der Waals surface area contributed by atoms with E-state index in [0.29, 0.717) is 0 Å². The third-order valence-electron chi connectivity index (χ3n) is 10.4. The molecule has 0 unspecified atom stereocenters. The molecular weight excluding hydrogens is 685 g/mol. The summed E-state index contributed by atoms with van der Waals surface area (Å²) in [4.78, 5) is 11.5. The van der Waals surface area contributed by atoms with Crippen LogP contribution in [-0.2, 0) is 0 Å². The minimum atomic E-state index is 0.726. The lowest BCUT2D eigenvalue weighted by atomic mass is 9.96. The van der Waals surface area contributed by atoms with E-state index >= 15 is 0 Å². The van der Waals surface area contributed by atoms with Gasteiger partial charge in [-0.25, -0.2) is 9.97 Å². The van der Waals surface area contributed by atoms with E-state index in [2.05, 4.69) is 206 Å². The Bertz CT molecular complexity index is 2930. The van der Waals surface area contributed by atoms with Gasteiger partial charge in [0.05, 0.1) is 5.69 Å². The van der Waals surface area contributed by atoms with Crippen LogP contribution in [0.3, 0.4) is 0 Å². The molecule has 2 nitrogen and oxygen atoms in total. The Morgan fingerprint density at radius 2 is 0.673 bits per heavy atom. The largest absolute Gasteiger partial charge is 0.227 e. The lowest BCUT2D eigenvalue weighted by molar-refractivity contribution is 1.24. The fraction of sp³-hybridized carbons (Fsp3) is 0. The van der Waals surface area contributed by atoms with Crippen LogP contribution in [0.15, 0.2) is 206 Å². The molecule has 0 aliphatic heterocycles. The molecule has 0 spiro atoms. The van der Waals surface area contributed by atoms with Crippen LogP contribution >= 0.6 is 11.3 Å². The minimum Gasteiger partial charge on any atom is -0.227 e. The van der Waals surface area contributed by atoms with Crippen molar-refractivity contribution in [2.75, 3.05) is 0 Å². The zero-order valence-corrected chi connectivity index (χ0v) is 30.7. The first kappa shape index (κ1) is 32.7. The lowest BCUT2D eigenvalue weighted by Gasteiger charge is -2.11. The Labute approximate surface area is 324 Å². The Morgan fingerprint density at radius 3 is 1.22 bits per heavy atom. The third kappa shape index (κ3) is 6.41. The van der Waals surface area contributed by atoms with Crippen LogP contribution in [0.5, 0.6) is 0 Å². The number of nitrogens with zero attached hydrogens (tertiary/aromatic N) is 2. The van der Waals surface area contributed by atoms with E-state index in [1.165, 1.54) is 54.6 Å². The van der Waals surface area contributed by atoms with Crippen molar-refractivity contribution in [1.82, 2.24) is 9.97 Å². The summed E-state index contributed by atoms with van der Waals surface area (Å²) in [7, 11) is 0. The first-order valence-corrected chi connectivity index (χ1v) is 19.4. The highest BCUT2D eigenvalue weighted by atomic mass is 32.1. The summed E-state index contributed by atoms with van der Waals surface area (Å²) < 4.78 is 1.21. The van der Waals surface area contributed by atoms with Gasteiger partial charge in [0.15, 0.2) is 5.82 Å². The molecule has 258 valence electrons. The molecule has 0 fully saturated rings. The molecular formula is C52H34N2S. The Balaban J connectivity index is 0.999. The molecule has 8 aromatic carbocycles. The highest BCUT2D eigenvalue weighted by Gasteiger charge is 2.17. The van der Waals surface area contributed by atoms with Gasteiger partial charge in [-0.2, -0.15) is 0 Å². The van der Waals surface area contributed by atoms with Gasteiger partial charge in [-0.05, 0) is 73.8 Å². The second-order valence-corrected chi connectivity index (χ2v) is 14.8. The van der Waals surface area contributed by atoms with Crippen molar-refractivity contribution in [3.8, 4) is 78.3 Å². The highest BCUT2D eigenvalue weighted by molar-refractivity contribution is 7.25. The number of hydrogen-bond acceptors (Lipinski definition) is 3. The smallest absolute Gasteiger partial charge is 0.161 e. The van der Waals surface area contributed by atoms with Crippen molar-refractivity contribution >= 4 is 31.6 Å². The van der Waals surface area contributed by atoms with Gasteiger partial charge in [0.1, 0.15) is 4.83 Å². The summed E-state index contributed by atoms with van der Waals surface area (Å²) in [6.07, 6.45) is 0.